The Labute approximate surface area is 148 Å². The molecule has 3 rings (SSSR count). The second-order valence-corrected chi connectivity index (χ2v) is 7.65. The molecule has 25 heavy (non-hydrogen) atoms. The number of hydrogen-bond donors (Lipinski definition) is 1. The van der Waals surface area contributed by atoms with Crippen molar-refractivity contribution < 1.29 is 9.53 Å². The molecule has 1 saturated heterocycles. The molecule has 1 amide bonds. The Morgan fingerprint density at radius 2 is 2.20 bits per heavy atom. The zero-order valence-electron chi connectivity index (χ0n) is 15.5. The van der Waals surface area contributed by atoms with Gasteiger partial charge in [0.1, 0.15) is 5.60 Å². The summed E-state index contributed by atoms with van der Waals surface area (Å²) >= 11 is 0. The van der Waals surface area contributed by atoms with Crippen molar-refractivity contribution in [3.8, 4) is 0 Å². The summed E-state index contributed by atoms with van der Waals surface area (Å²) in [6, 6.07) is 0.232. The molecule has 1 unspecified atom stereocenters. The smallest absolute Gasteiger partial charge is 0.410 e. The van der Waals surface area contributed by atoms with Crippen molar-refractivity contribution in [1.82, 2.24) is 24.9 Å². The lowest BCUT2D eigenvalue weighted by atomic mass is 10.2. The van der Waals surface area contributed by atoms with E-state index < -0.39 is 5.60 Å². The van der Waals surface area contributed by atoms with Gasteiger partial charge in [0, 0.05) is 32.4 Å². The Balaban J connectivity index is 1.46. The molecule has 3 heterocycles. The number of fused-ring (bicyclic) bond motifs is 1. The molecule has 0 aliphatic carbocycles. The molecule has 0 saturated carbocycles. The first kappa shape index (κ1) is 17.6. The van der Waals surface area contributed by atoms with Crippen molar-refractivity contribution in [2.24, 2.45) is 4.99 Å². The Kier molecular flexibility index (Phi) is 4.87. The summed E-state index contributed by atoms with van der Waals surface area (Å²) in [5.41, 5.74) is 0.703. The summed E-state index contributed by atoms with van der Waals surface area (Å²) in [4.78, 5) is 20.9. The van der Waals surface area contributed by atoms with E-state index in [4.69, 9.17) is 4.74 Å². The van der Waals surface area contributed by atoms with Crippen molar-refractivity contribution in [3.63, 3.8) is 0 Å². The molecule has 1 atom stereocenters. The number of nitrogens with zero attached hydrogens (tertiary/aromatic N) is 5. The van der Waals surface area contributed by atoms with Crippen LogP contribution < -0.4 is 5.32 Å². The fourth-order valence-corrected chi connectivity index (χ4v) is 3.09. The molecule has 2 aliphatic heterocycles. The van der Waals surface area contributed by atoms with Gasteiger partial charge >= 0.3 is 6.09 Å². The first-order valence-corrected chi connectivity index (χ1v) is 8.84. The van der Waals surface area contributed by atoms with Crippen LogP contribution in [0.25, 0.3) is 0 Å². The Bertz CT molecular complexity index is 648. The molecular formula is C17H28N6O2. The highest BCUT2D eigenvalue weighted by Crippen LogP contribution is 2.18. The van der Waals surface area contributed by atoms with Crippen LogP contribution in [-0.2, 0) is 11.3 Å². The van der Waals surface area contributed by atoms with Crippen LogP contribution in [0, 0.1) is 6.92 Å². The van der Waals surface area contributed by atoms with E-state index in [1.54, 1.807) is 4.90 Å². The third kappa shape index (κ3) is 4.43. The standard InChI is InChI=1S/C17H28N6O2/c1-13-9-20-22(11-13)6-5-18-15-19-10-14-12-21(7-8-23(14)15)16(24)25-17(2,3)4/h9,11,14H,5-8,10,12H2,1-4H3,(H,18,19). The van der Waals surface area contributed by atoms with E-state index in [1.165, 1.54) is 0 Å². The monoisotopic (exact) mass is 348 g/mol. The van der Waals surface area contributed by atoms with E-state index >= 15 is 0 Å². The number of aryl methyl sites for hydroxylation is 1. The van der Waals surface area contributed by atoms with Crippen molar-refractivity contribution in [2.75, 3.05) is 32.7 Å². The number of piperazine rings is 1. The molecule has 0 radical (unpaired) electrons. The van der Waals surface area contributed by atoms with Gasteiger partial charge in [-0.1, -0.05) is 0 Å². The van der Waals surface area contributed by atoms with Gasteiger partial charge < -0.3 is 19.9 Å². The molecule has 8 heteroatoms. The highest BCUT2D eigenvalue weighted by molar-refractivity contribution is 5.82. The Morgan fingerprint density at radius 3 is 2.88 bits per heavy atom. The molecule has 2 aliphatic rings. The van der Waals surface area contributed by atoms with Gasteiger partial charge in [-0.05, 0) is 33.3 Å². The number of aliphatic imine (C=N–C) groups is 1. The number of guanidine groups is 1. The maximum absolute atomic E-state index is 12.2. The van der Waals surface area contributed by atoms with Gasteiger partial charge in [-0.15, -0.1) is 0 Å². The van der Waals surface area contributed by atoms with Crippen molar-refractivity contribution >= 4 is 12.1 Å². The zero-order chi connectivity index (χ0) is 18.0. The van der Waals surface area contributed by atoms with Crippen LogP contribution in [0.4, 0.5) is 4.79 Å². The molecule has 0 bridgehead atoms. The van der Waals surface area contributed by atoms with E-state index in [1.807, 2.05) is 44.8 Å². The minimum atomic E-state index is -0.460. The molecule has 0 aromatic carbocycles. The van der Waals surface area contributed by atoms with E-state index in [0.29, 0.717) is 19.6 Å². The minimum absolute atomic E-state index is 0.232. The maximum Gasteiger partial charge on any atom is 0.410 e. The van der Waals surface area contributed by atoms with Crippen molar-refractivity contribution in [3.05, 3.63) is 18.0 Å². The molecule has 1 aromatic heterocycles. The third-order valence-corrected chi connectivity index (χ3v) is 4.24. The normalized spacial score (nSPS) is 20.3. The SMILES string of the molecule is Cc1cnn(CCNC2=NCC3CN(C(=O)OC(C)(C)C)CCN23)c1. The predicted molar refractivity (Wildman–Crippen MR) is 95.6 cm³/mol. The molecule has 8 nitrogen and oxygen atoms in total. The minimum Gasteiger partial charge on any atom is -0.444 e. The predicted octanol–water partition coefficient (Wildman–Crippen LogP) is 1.07. The summed E-state index contributed by atoms with van der Waals surface area (Å²) in [5, 5.41) is 7.69. The number of hydrogen-bond acceptors (Lipinski definition) is 6. The first-order chi connectivity index (χ1) is 11.8. The van der Waals surface area contributed by atoms with Gasteiger partial charge in [0.05, 0.1) is 25.3 Å². The number of nitrogens with one attached hydrogen (secondary N) is 1. The summed E-state index contributed by atoms with van der Waals surface area (Å²) in [6.45, 7) is 12.1. The van der Waals surface area contributed by atoms with Gasteiger partial charge in [0.2, 0.25) is 0 Å². The lowest BCUT2D eigenvalue weighted by Gasteiger charge is -2.39. The van der Waals surface area contributed by atoms with Gasteiger partial charge in [-0.2, -0.15) is 5.10 Å². The second-order valence-electron chi connectivity index (χ2n) is 7.65. The Morgan fingerprint density at radius 1 is 1.40 bits per heavy atom. The van der Waals surface area contributed by atoms with Crippen LogP contribution in [0.1, 0.15) is 26.3 Å². The number of carbonyl (C=O) groups excluding carboxylic acids is 1. The highest BCUT2D eigenvalue weighted by atomic mass is 16.6. The average molecular weight is 348 g/mol. The van der Waals surface area contributed by atoms with Crippen LogP contribution in [0.15, 0.2) is 17.4 Å². The lowest BCUT2D eigenvalue weighted by Crippen LogP contribution is -2.57. The maximum atomic E-state index is 12.2. The number of amides is 1. The number of aromatic nitrogens is 2. The van der Waals surface area contributed by atoms with Crippen molar-refractivity contribution in [2.45, 2.75) is 45.9 Å². The van der Waals surface area contributed by atoms with Crippen LogP contribution in [0.2, 0.25) is 0 Å². The number of ether oxygens (including phenoxy) is 1. The number of carbonyl (C=O) groups is 1. The topological polar surface area (TPSA) is 75.0 Å². The lowest BCUT2D eigenvalue weighted by molar-refractivity contribution is 0.0137. The average Bonchev–Trinajstić information content (AvgIpc) is 3.12. The fraction of sp³-hybridized carbons (Fsp3) is 0.706. The molecule has 1 N–H and O–H groups in total. The Hall–Kier alpha value is -2.25. The van der Waals surface area contributed by atoms with E-state index in [2.05, 4.69) is 20.3 Å². The highest BCUT2D eigenvalue weighted by Gasteiger charge is 2.36. The summed E-state index contributed by atoms with van der Waals surface area (Å²) in [5.74, 6) is 0.928. The van der Waals surface area contributed by atoms with Gasteiger partial charge in [-0.3, -0.25) is 9.67 Å². The second kappa shape index (κ2) is 6.93. The van der Waals surface area contributed by atoms with Crippen LogP contribution >= 0.6 is 0 Å². The number of rotatable bonds is 3. The molecule has 1 fully saturated rings. The summed E-state index contributed by atoms with van der Waals surface area (Å²) in [6.07, 6.45) is 3.65. The third-order valence-electron chi connectivity index (χ3n) is 4.24. The molecule has 1 aromatic rings. The van der Waals surface area contributed by atoms with Crippen LogP contribution in [0.5, 0.6) is 0 Å². The van der Waals surface area contributed by atoms with E-state index in [9.17, 15) is 4.79 Å². The van der Waals surface area contributed by atoms with Crippen LogP contribution in [-0.4, -0.2) is 76.0 Å². The van der Waals surface area contributed by atoms with Crippen LogP contribution in [0.3, 0.4) is 0 Å². The van der Waals surface area contributed by atoms with Gasteiger partial charge in [0.25, 0.3) is 0 Å². The largest absolute Gasteiger partial charge is 0.444 e. The molecular weight excluding hydrogens is 320 g/mol. The van der Waals surface area contributed by atoms with Gasteiger partial charge in [-0.25, -0.2) is 4.79 Å². The zero-order valence-corrected chi connectivity index (χ0v) is 15.5. The summed E-state index contributed by atoms with van der Waals surface area (Å²) in [7, 11) is 0. The first-order valence-electron chi connectivity index (χ1n) is 8.84. The fourth-order valence-electron chi connectivity index (χ4n) is 3.09. The van der Waals surface area contributed by atoms with Gasteiger partial charge in [0.15, 0.2) is 5.96 Å². The summed E-state index contributed by atoms with van der Waals surface area (Å²) < 4.78 is 7.40. The van der Waals surface area contributed by atoms with Crippen molar-refractivity contribution in [1.29, 1.82) is 0 Å². The quantitative estimate of drug-likeness (QED) is 0.884. The molecule has 0 spiro atoms. The van der Waals surface area contributed by atoms with E-state index in [-0.39, 0.29) is 12.1 Å². The molecule has 138 valence electrons. The van der Waals surface area contributed by atoms with E-state index in [0.717, 1.165) is 31.2 Å².